The zero-order valence-electron chi connectivity index (χ0n) is 10.8. The maximum Gasteiger partial charge on any atom is 0.226 e. The van der Waals surface area contributed by atoms with Crippen LogP contribution in [0.4, 0.5) is 0 Å². The Morgan fingerprint density at radius 2 is 1.81 bits per heavy atom. The van der Waals surface area contributed by atoms with Gasteiger partial charge in [0.15, 0.2) is 5.84 Å². The van der Waals surface area contributed by atoms with Crippen LogP contribution in [0.1, 0.15) is 34.6 Å². The molecule has 94 valence electrons. The standard InChI is InChI=1S/C11H23N3O2/c1-7(2)9(5)11(15)14(8(3)4)6-10(12)13-16/h7-9,16H,6H2,1-5H3,(H2,12,13). The van der Waals surface area contributed by atoms with Crippen LogP contribution < -0.4 is 5.73 Å². The van der Waals surface area contributed by atoms with E-state index < -0.39 is 0 Å². The number of nitrogens with zero attached hydrogens (tertiary/aromatic N) is 2. The second-order valence-electron chi connectivity index (χ2n) is 4.68. The monoisotopic (exact) mass is 229 g/mol. The molecule has 16 heavy (non-hydrogen) atoms. The van der Waals surface area contributed by atoms with E-state index in [1.54, 1.807) is 4.90 Å². The maximum absolute atomic E-state index is 12.1. The van der Waals surface area contributed by atoms with Gasteiger partial charge in [0.05, 0.1) is 6.54 Å². The van der Waals surface area contributed by atoms with Crippen molar-refractivity contribution in [3.05, 3.63) is 0 Å². The van der Waals surface area contributed by atoms with Crippen LogP contribution in [-0.2, 0) is 4.79 Å². The molecule has 1 amide bonds. The fourth-order valence-corrected chi connectivity index (χ4v) is 1.27. The highest BCUT2D eigenvalue weighted by molar-refractivity contribution is 5.87. The topological polar surface area (TPSA) is 78.9 Å². The average molecular weight is 229 g/mol. The lowest BCUT2D eigenvalue weighted by atomic mass is 9.96. The maximum atomic E-state index is 12.1. The lowest BCUT2D eigenvalue weighted by Gasteiger charge is -2.30. The summed E-state index contributed by atoms with van der Waals surface area (Å²) in [6.07, 6.45) is 0. The minimum absolute atomic E-state index is 0.0361. The molecule has 0 spiro atoms. The Balaban J connectivity index is 4.73. The summed E-state index contributed by atoms with van der Waals surface area (Å²) >= 11 is 0. The molecule has 1 atom stereocenters. The second-order valence-corrected chi connectivity index (χ2v) is 4.68. The number of nitrogens with two attached hydrogens (primary N) is 1. The molecule has 0 saturated heterocycles. The van der Waals surface area contributed by atoms with Crippen molar-refractivity contribution >= 4 is 11.7 Å². The lowest BCUT2D eigenvalue weighted by molar-refractivity contribution is -0.137. The third kappa shape index (κ3) is 4.08. The van der Waals surface area contributed by atoms with Crippen LogP contribution in [0, 0.1) is 11.8 Å². The van der Waals surface area contributed by atoms with Gasteiger partial charge >= 0.3 is 0 Å². The van der Waals surface area contributed by atoms with Gasteiger partial charge in [-0.15, -0.1) is 0 Å². The first-order chi connectivity index (χ1) is 7.31. The summed E-state index contributed by atoms with van der Waals surface area (Å²) in [7, 11) is 0. The van der Waals surface area contributed by atoms with Crippen LogP contribution in [0.25, 0.3) is 0 Å². The summed E-state index contributed by atoms with van der Waals surface area (Å²) in [5.74, 6) is 0.310. The number of carbonyl (C=O) groups excluding carboxylic acids is 1. The smallest absolute Gasteiger partial charge is 0.226 e. The van der Waals surface area contributed by atoms with Crippen molar-refractivity contribution in [3.8, 4) is 0 Å². The molecule has 1 unspecified atom stereocenters. The van der Waals surface area contributed by atoms with Gasteiger partial charge in [-0.05, 0) is 19.8 Å². The van der Waals surface area contributed by atoms with Crippen molar-refractivity contribution in [2.75, 3.05) is 6.54 Å². The third-order valence-electron chi connectivity index (χ3n) is 2.76. The molecule has 0 aromatic heterocycles. The molecule has 0 heterocycles. The molecule has 0 saturated carbocycles. The molecule has 0 aliphatic rings. The summed E-state index contributed by atoms with van der Waals surface area (Å²) in [5, 5.41) is 11.4. The predicted molar refractivity (Wildman–Crippen MR) is 64.3 cm³/mol. The number of amidine groups is 1. The normalized spacial score (nSPS) is 14.3. The first-order valence-corrected chi connectivity index (χ1v) is 5.58. The fraction of sp³-hybridized carbons (Fsp3) is 0.818. The number of rotatable bonds is 5. The van der Waals surface area contributed by atoms with Crippen molar-refractivity contribution in [1.29, 1.82) is 0 Å². The molecule has 0 fully saturated rings. The van der Waals surface area contributed by atoms with Crippen LogP contribution in [0.5, 0.6) is 0 Å². The summed E-state index contributed by atoms with van der Waals surface area (Å²) in [6, 6.07) is 0.0361. The number of hydrogen-bond acceptors (Lipinski definition) is 3. The van der Waals surface area contributed by atoms with Crippen LogP contribution in [0.15, 0.2) is 5.16 Å². The number of carbonyl (C=O) groups is 1. The minimum atomic E-state index is -0.0612. The summed E-state index contributed by atoms with van der Waals surface area (Å²) < 4.78 is 0. The first kappa shape index (κ1) is 14.7. The van der Waals surface area contributed by atoms with Gasteiger partial charge in [0.25, 0.3) is 0 Å². The minimum Gasteiger partial charge on any atom is -0.409 e. The Hall–Kier alpha value is -1.26. The van der Waals surface area contributed by atoms with Crippen molar-refractivity contribution in [1.82, 2.24) is 4.90 Å². The molecular weight excluding hydrogens is 206 g/mol. The van der Waals surface area contributed by atoms with Crippen LogP contribution in [0.3, 0.4) is 0 Å². The Morgan fingerprint density at radius 1 is 1.31 bits per heavy atom. The molecule has 0 aromatic rings. The van der Waals surface area contributed by atoms with E-state index >= 15 is 0 Å². The summed E-state index contributed by atoms with van der Waals surface area (Å²) in [4.78, 5) is 13.7. The van der Waals surface area contributed by atoms with Crippen molar-refractivity contribution in [2.45, 2.75) is 40.7 Å². The Bertz CT molecular complexity index is 262. The van der Waals surface area contributed by atoms with Crippen LogP contribution >= 0.6 is 0 Å². The van der Waals surface area contributed by atoms with E-state index in [1.165, 1.54) is 0 Å². The first-order valence-electron chi connectivity index (χ1n) is 5.58. The number of amides is 1. The highest BCUT2D eigenvalue weighted by Gasteiger charge is 2.25. The van der Waals surface area contributed by atoms with Crippen molar-refractivity contribution < 1.29 is 10.0 Å². The molecule has 0 aliphatic carbocycles. The predicted octanol–water partition coefficient (Wildman–Crippen LogP) is 1.26. The van der Waals surface area contributed by atoms with Gasteiger partial charge in [-0.25, -0.2) is 0 Å². The Labute approximate surface area is 97.3 Å². The van der Waals surface area contributed by atoms with E-state index in [4.69, 9.17) is 10.9 Å². The molecule has 0 radical (unpaired) electrons. The van der Waals surface area contributed by atoms with Crippen LogP contribution in [0.2, 0.25) is 0 Å². The van der Waals surface area contributed by atoms with E-state index in [0.717, 1.165) is 0 Å². The van der Waals surface area contributed by atoms with Crippen molar-refractivity contribution in [2.24, 2.45) is 22.7 Å². The lowest BCUT2D eigenvalue weighted by Crippen LogP contribution is -2.46. The molecule has 0 aromatic carbocycles. The van der Waals surface area contributed by atoms with Gasteiger partial charge in [0.1, 0.15) is 0 Å². The van der Waals surface area contributed by atoms with Gasteiger partial charge in [-0.3, -0.25) is 4.79 Å². The van der Waals surface area contributed by atoms with Gasteiger partial charge in [-0.1, -0.05) is 25.9 Å². The zero-order chi connectivity index (χ0) is 12.9. The van der Waals surface area contributed by atoms with E-state index in [2.05, 4.69) is 5.16 Å². The van der Waals surface area contributed by atoms with Gasteiger partial charge in [0.2, 0.25) is 5.91 Å². The van der Waals surface area contributed by atoms with Crippen molar-refractivity contribution in [3.63, 3.8) is 0 Å². The van der Waals surface area contributed by atoms with Gasteiger partial charge in [-0.2, -0.15) is 0 Å². The highest BCUT2D eigenvalue weighted by atomic mass is 16.4. The summed E-state index contributed by atoms with van der Waals surface area (Å²) in [5.41, 5.74) is 5.43. The third-order valence-corrected chi connectivity index (χ3v) is 2.76. The largest absolute Gasteiger partial charge is 0.409 e. The fourth-order valence-electron chi connectivity index (χ4n) is 1.27. The van der Waals surface area contributed by atoms with E-state index in [0.29, 0.717) is 0 Å². The molecule has 5 heteroatoms. The molecule has 0 aliphatic heterocycles. The molecule has 0 bridgehead atoms. The molecule has 3 N–H and O–H groups in total. The van der Waals surface area contributed by atoms with E-state index in [-0.39, 0.29) is 36.2 Å². The molecular formula is C11H23N3O2. The average Bonchev–Trinajstić information content (AvgIpc) is 2.22. The Kier molecular flexibility index (Phi) is 5.85. The number of oxime groups is 1. The molecule has 5 nitrogen and oxygen atoms in total. The van der Waals surface area contributed by atoms with Gasteiger partial charge in [0, 0.05) is 12.0 Å². The second kappa shape index (κ2) is 6.35. The summed E-state index contributed by atoms with van der Waals surface area (Å²) in [6.45, 7) is 9.90. The zero-order valence-corrected chi connectivity index (χ0v) is 10.8. The SMILES string of the molecule is CC(C)C(C)C(=O)N(CC(N)=NO)C(C)C. The van der Waals surface area contributed by atoms with Crippen LogP contribution in [-0.4, -0.2) is 34.4 Å². The Morgan fingerprint density at radius 3 is 2.12 bits per heavy atom. The van der Waals surface area contributed by atoms with E-state index in [9.17, 15) is 4.79 Å². The quantitative estimate of drug-likeness (QED) is 0.322. The van der Waals surface area contributed by atoms with Gasteiger partial charge < -0.3 is 15.8 Å². The number of hydrogen-bond donors (Lipinski definition) is 2. The molecule has 0 rings (SSSR count). The van der Waals surface area contributed by atoms with E-state index in [1.807, 2.05) is 34.6 Å². The highest BCUT2D eigenvalue weighted by Crippen LogP contribution is 2.15.